The standard InChI is InChI=1S/C30H44N4O5/c1-17(2)13-22(32-26(37)21-14-19-11-9-10-12-20(19)31-21)28(39)34-15-18(3)30(7,8)25(34)27(38)33-24(23(36)16-35)29(4,5)6/h9-12,14,17-18,22,24-25,31,35H,13,15-16H2,1-8H3,(H,32,37)(H,33,38)/t18-,22+,24?,25-/m1/s1. The zero-order valence-corrected chi connectivity index (χ0v) is 24.4. The molecule has 0 spiro atoms. The number of fused-ring (bicyclic) bond motifs is 1. The van der Waals surface area contributed by atoms with Crippen LogP contribution in [-0.4, -0.2) is 69.8 Å². The molecule has 0 saturated carbocycles. The number of carbonyl (C=O) groups excluding carboxylic acids is 4. The highest BCUT2D eigenvalue weighted by molar-refractivity contribution is 6.01. The van der Waals surface area contributed by atoms with E-state index in [1.165, 1.54) is 0 Å². The van der Waals surface area contributed by atoms with E-state index in [1.807, 2.05) is 79.7 Å². The van der Waals surface area contributed by atoms with Gasteiger partial charge in [0.1, 0.15) is 24.4 Å². The Labute approximate surface area is 231 Å². The van der Waals surface area contributed by atoms with Crippen LogP contribution in [0.3, 0.4) is 0 Å². The van der Waals surface area contributed by atoms with Crippen LogP contribution < -0.4 is 10.6 Å². The number of benzene rings is 1. The number of para-hydroxylation sites is 1. The van der Waals surface area contributed by atoms with Crippen LogP contribution >= 0.6 is 0 Å². The number of nitrogens with zero attached hydrogens (tertiary/aromatic N) is 1. The summed E-state index contributed by atoms with van der Waals surface area (Å²) in [6.45, 7) is 14.9. The molecule has 2 aromatic rings. The molecule has 0 aliphatic carbocycles. The Morgan fingerprint density at radius 3 is 2.33 bits per heavy atom. The fraction of sp³-hybridized carbons (Fsp3) is 0.600. The number of rotatable bonds is 9. The van der Waals surface area contributed by atoms with Crippen LogP contribution in [0, 0.1) is 22.7 Å². The molecule has 9 nitrogen and oxygen atoms in total. The molecule has 0 bridgehead atoms. The van der Waals surface area contributed by atoms with Crippen molar-refractivity contribution in [3.05, 3.63) is 36.0 Å². The summed E-state index contributed by atoms with van der Waals surface area (Å²) < 4.78 is 0. The summed E-state index contributed by atoms with van der Waals surface area (Å²) in [5.74, 6) is -1.55. The molecule has 1 fully saturated rings. The van der Waals surface area contributed by atoms with Gasteiger partial charge in [-0.3, -0.25) is 19.2 Å². The molecular formula is C30H44N4O5. The Bertz CT molecular complexity index is 1190. The van der Waals surface area contributed by atoms with Crippen LogP contribution in [-0.2, 0) is 14.4 Å². The first-order valence-corrected chi connectivity index (χ1v) is 13.7. The van der Waals surface area contributed by atoms with Crippen molar-refractivity contribution in [2.75, 3.05) is 13.2 Å². The number of aliphatic hydroxyl groups is 1. The van der Waals surface area contributed by atoms with Crippen molar-refractivity contribution in [2.45, 2.75) is 79.9 Å². The monoisotopic (exact) mass is 540 g/mol. The summed E-state index contributed by atoms with van der Waals surface area (Å²) >= 11 is 0. The number of carbonyl (C=O) groups is 4. The number of ketones is 1. The zero-order chi connectivity index (χ0) is 29.3. The quantitative estimate of drug-likeness (QED) is 0.388. The highest BCUT2D eigenvalue weighted by Gasteiger charge is 2.53. The highest BCUT2D eigenvalue weighted by Crippen LogP contribution is 2.42. The van der Waals surface area contributed by atoms with Crippen LogP contribution in [0.5, 0.6) is 0 Å². The highest BCUT2D eigenvalue weighted by atomic mass is 16.3. The molecule has 1 saturated heterocycles. The molecule has 0 radical (unpaired) electrons. The molecule has 1 aromatic carbocycles. The molecule has 39 heavy (non-hydrogen) atoms. The fourth-order valence-corrected chi connectivity index (χ4v) is 5.42. The van der Waals surface area contributed by atoms with Gasteiger partial charge in [0.15, 0.2) is 5.78 Å². The van der Waals surface area contributed by atoms with E-state index in [0.29, 0.717) is 18.7 Å². The fourth-order valence-electron chi connectivity index (χ4n) is 5.42. The summed E-state index contributed by atoms with van der Waals surface area (Å²) in [6, 6.07) is 6.72. The van der Waals surface area contributed by atoms with Gasteiger partial charge in [-0.1, -0.05) is 73.6 Å². The molecule has 1 aliphatic heterocycles. The van der Waals surface area contributed by atoms with Crippen LogP contribution in [0.25, 0.3) is 10.9 Å². The van der Waals surface area contributed by atoms with Gasteiger partial charge >= 0.3 is 0 Å². The average molecular weight is 541 g/mol. The summed E-state index contributed by atoms with van der Waals surface area (Å²) in [7, 11) is 0. The van der Waals surface area contributed by atoms with Gasteiger partial charge in [-0.25, -0.2) is 0 Å². The Balaban J connectivity index is 1.90. The molecule has 4 N–H and O–H groups in total. The maximum Gasteiger partial charge on any atom is 0.268 e. The number of aromatic nitrogens is 1. The van der Waals surface area contributed by atoms with Crippen LogP contribution in [0.1, 0.15) is 72.3 Å². The third-order valence-electron chi connectivity index (χ3n) is 8.00. The van der Waals surface area contributed by atoms with Gasteiger partial charge in [0.05, 0.1) is 6.04 Å². The maximum atomic E-state index is 14.1. The second kappa shape index (κ2) is 11.5. The molecular weight excluding hydrogens is 496 g/mol. The van der Waals surface area contributed by atoms with E-state index in [4.69, 9.17) is 0 Å². The van der Waals surface area contributed by atoms with Crippen LogP contribution in [0.15, 0.2) is 30.3 Å². The maximum absolute atomic E-state index is 14.1. The van der Waals surface area contributed by atoms with Crippen molar-refractivity contribution >= 4 is 34.4 Å². The smallest absolute Gasteiger partial charge is 0.268 e. The van der Waals surface area contributed by atoms with Gasteiger partial charge in [0, 0.05) is 17.4 Å². The molecule has 2 heterocycles. The van der Waals surface area contributed by atoms with E-state index in [9.17, 15) is 24.3 Å². The predicted molar refractivity (Wildman–Crippen MR) is 151 cm³/mol. The normalized spacial score (nSPS) is 20.6. The molecule has 1 unspecified atom stereocenters. The minimum atomic E-state index is -0.910. The third-order valence-corrected chi connectivity index (χ3v) is 8.00. The molecule has 214 valence electrons. The van der Waals surface area contributed by atoms with Gasteiger partial charge in [-0.15, -0.1) is 0 Å². The minimum absolute atomic E-state index is 0.0112. The first kappa shape index (κ1) is 30.3. The van der Waals surface area contributed by atoms with Gasteiger partial charge in [0.25, 0.3) is 5.91 Å². The molecule has 3 amide bonds. The van der Waals surface area contributed by atoms with Crippen molar-refractivity contribution in [1.29, 1.82) is 0 Å². The largest absolute Gasteiger partial charge is 0.389 e. The van der Waals surface area contributed by atoms with E-state index >= 15 is 0 Å². The first-order valence-electron chi connectivity index (χ1n) is 13.7. The van der Waals surface area contributed by atoms with Gasteiger partial charge in [-0.05, 0) is 41.2 Å². The zero-order valence-electron chi connectivity index (χ0n) is 24.4. The number of Topliss-reactive ketones (excluding diaryl/α,β-unsaturated/α-hetero) is 1. The number of amides is 3. The Kier molecular flexibility index (Phi) is 8.95. The molecule has 9 heteroatoms. The van der Waals surface area contributed by atoms with Crippen LogP contribution in [0.4, 0.5) is 0 Å². The van der Waals surface area contributed by atoms with E-state index < -0.39 is 47.3 Å². The van der Waals surface area contributed by atoms with Crippen LogP contribution in [0.2, 0.25) is 0 Å². The van der Waals surface area contributed by atoms with Gasteiger partial charge in [0.2, 0.25) is 11.8 Å². The van der Waals surface area contributed by atoms with Gasteiger partial charge < -0.3 is 25.6 Å². The summed E-state index contributed by atoms with van der Waals surface area (Å²) in [5.41, 5.74) is -0.0368. The molecule has 4 atom stereocenters. The number of aliphatic hydroxyl groups excluding tert-OH is 1. The summed E-state index contributed by atoms with van der Waals surface area (Å²) in [6.07, 6.45) is 0.401. The SMILES string of the molecule is CC(C)C[C@H](NC(=O)c1cc2ccccc2[nH]1)C(=O)N1C[C@@H](C)C(C)(C)[C@H]1C(=O)NC(C(=O)CO)C(C)(C)C. The third kappa shape index (κ3) is 6.52. The predicted octanol–water partition coefficient (Wildman–Crippen LogP) is 3.28. The molecule has 3 rings (SSSR count). The van der Waals surface area contributed by atoms with Gasteiger partial charge in [-0.2, -0.15) is 0 Å². The van der Waals surface area contributed by atoms with Crippen molar-refractivity contribution in [3.63, 3.8) is 0 Å². The lowest BCUT2D eigenvalue weighted by atomic mass is 9.76. The van der Waals surface area contributed by atoms with E-state index in [2.05, 4.69) is 15.6 Å². The number of hydrogen-bond donors (Lipinski definition) is 4. The first-order chi connectivity index (χ1) is 18.1. The van der Waals surface area contributed by atoms with E-state index in [0.717, 1.165) is 10.9 Å². The van der Waals surface area contributed by atoms with Crippen molar-refractivity contribution in [2.24, 2.45) is 22.7 Å². The number of likely N-dealkylation sites (tertiary alicyclic amines) is 1. The topological polar surface area (TPSA) is 132 Å². The summed E-state index contributed by atoms with van der Waals surface area (Å²) in [5, 5.41) is 16.2. The minimum Gasteiger partial charge on any atom is -0.389 e. The van der Waals surface area contributed by atoms with Crippen molar-refractivity contribution in [3.8, 4) is 0 Å². The lowest BCUT2D eigenvalue weighted by Crippen LogP contribution is -2.60. The average Bonchev–Trinajstić information content (AvgIpc) is 3.38. The lowest BCUT2D eigenvalue weighted by molar-refractivity contribution is -0.144. The number of nitrogens with one attached hydrogen (secondary N) is 3. The number of aromatic amines is 1. The lowest BCUT2D eigenvalue weighted by Gasteiger charge is -2.37. The van der Waals surface area contributed by atoms with Crippen molar-refractivity contribution in [1.82, 2.24) is 20.5 Å². The van der Waals surface area contributed by atoms with Crippen molar-refractivity contribution < 1.29 is 24.3 Å². The van der Waals surface area contributed by atoms with E-state index in [1.54, 1.807) is 11.0 Å². The van der Waals surface area contributed by atoms with E-state index in [-0.39, 0.29) is 23.7 Å². The molecule has 1 aliphatic rings. The number of H-pyrrole nitrogens is 1. The Morgan fingerprint density at radius 1 is 1.13 bits per heavy atom. The Hall–Kier alpha value is -3.20. The second-order valence-corrected chi connectivity index (χ2v) is 13.0. The summed E-state index contributed by atoms with van der Waals surface area (Å²) in [4.78, 5) is 58.2. The Morgan fingerprint density at radius 2 is 1.77 bits per heavy atom. The second-order valence-electron chi connectivity index (χ2n) is 13.0. The number of hydrogen-bond acceptors (Lipinski definition) is 5. The molecule has 1 aromatic heterocycles.